The van der Waals surface area contributed by atoms with Crippen molar-refractivity contribution in [1.82, 2.24) is 4.73 Å². The van der Waals surface area contributed by atoms with Gasteiger partial charge in [-0.2, -0.15) is 0 Å². The summed E-state index contributed by atoms with van der Waals surface area (Å²) in [5, 5.41) is 13.9. The zero-order chi connectivity index (χ0) is 28.5. The smallest absolute Gasteiger partial charge is 0.338 e. The number of carbonyl (C=O) groups excluding carboxylic acids is 3. The fraction of sp³-hybridized carbons (Fsp3) is 0.179. The second-order valence-electron chi connectivity index (χ2n) is 9.86. The summed E-state index contributed by atoms with van der Waals surface area (Å²) >= 11 is 0. The van der Waals surface area contributed by atoms with Gasteiger partial charge in [0, 0.05) is 23.6 Å². The Balaban J connectivity index is 1.78. The summed E-state index contributed by atoms with van der Waals surface area (Å²) in [7, 11) is -4.06. The lowest BCUT2D eigenvalue weighted by atomic mass is 9.98. The topological polar surface area (TPSA) is 144 Å². The lowest BCUT2D eigenvalue weighted by molar-refractivity contribution is -0.153. The van der Waals surface area contributed by atoms with E-state index in [1.807, 2.05) is 0 Å². The molecular formula is C28H27N3O7S. The molecule has 0 bridgehead atoms. The van der Waals surface area contributed by atoms with E-state index < -0.39 is 33.1 Å². The Morgan fingerprint density at radius 2 is 1.51 bits per heavy atom. The summed E-state index contributed by atoms with van der Waals surface area (Å²) < 4.78 is 29.4. The molecule has 202 valence electrons. The second-order valence-corrected chi connectivity index (χ2v) is 11.5. The summed E-state index contributed by atoms with van der Waals surface area (Å²) in [6.45, 7) is 6.23. The number of rotatable bonds is 7. The molecule has 0 unspecified atom stereocenters. The third-order valence-corrected chi connectivity index (χ3v) is 7.09. The van der Waals surface area contributed by atoms with Crippen molar-refractivity contribution in [3.8, 4) is 5.88 Å². The van der Waals surface area contributed by atoms with Crippen LogP contribution in [-0.2, 0) is 19.6 Å². The number of benzene rings is 3. The van der Waals surface area contributed by atoms with E-state index in [9.17, 15) is 27.9 Å². The number of anilines is 2. The van der Waals surface area contributed by atoms with Gasteiger partial charge in [0.1, 0.15) is 0 Å². The molecule has 0 fully saturated rings. The minimum Gasteiger partial charge on any atom is -0.492 e. The number of fused-ring (bicyclic) bond motifs is 1. The third kappa shape index (κ3) is 5.78. The highest BCUT2D eigenvalue weighted by molar-refractivity contribution is 7.92. The Labute approximate surface area is 225 Å². The van der Waals surface area contributed by atoms with E-state index in [1.54, 1.807) is 51.1 Å². The number of ketones is 1. The van der Waals surface area contributed by atoms with Crippen molar-refractivity contribution in [3.63, 3.8) is 0 Å². The number of hydrogen-bond donors (Lipinski definition) is 3. The number of amides is 1. The van der Waals surface area contributed by atoms with Gasteiger partial charge in [-0.05, 0) is 63.2 Å². The van der Waals surface area contributed by atoms with Crippen LogP contribution in [0.1, 0.15) is 43.6 Å². The Hall–Kier alpha value is -4.64. The normalized spacial score (nSPS) is 11.7. The minimum atomic E-state index is -4.06. The van der Waals surface area contributed by atoms with E-state index in [1.165, 1.54) is 49.4 Å². The second kappa shape index (κ2) is 10.3. The van der Waals surface area contributed by atoms with Gasteiger partial charge in [0.2, 0.25) is 11.8 Å². The molecule has 0 aliphatic carbocycles. The van der Waals surface area contributed by atoms with Crippen molar-refractivity contribution in [2.24, 2.45) is 5.41 Å². The van der Waals surface area contributed by atoms with E-state index in [4.69, 9.17) is 4.84 Å². The molecule has 0 radical (unpaired) electrons. The average Bonchev–Trinajstić information content (AvgIpc) is 3.13. The molecule has 39 heavy (non-hydrogen) atoms. The van der Waals surface area contributed by atoms with Crippen molar-refractivity contribution in [2.45, 2.75) is 32.6 Å². The molecule has 1 heterocycles. The molecule has 1 aromatic heterocycles. The lowest BCUT2D eigenvalue weighted by Gasteiger charge is -2.17. The first kappa shape index (κ1) is 27.4. The monoisotopic (exact) mass is 549 g/mol. The predicted octanol–water partition coefficient (Wildman–Crippen LogP) is 4.34. The third-order valence-electron chi connectivity index (χ3n) is 5.69. The number of aromatic nitrogens is 1. The molecule has 1 amide bonds. The number of hydrogen-bond acceptors (Lipinski definition) is 7. The van der Waals surface area contributed by atoms with Crippen LogP contribution in [0.25, 0.3) is 10.9 Å². The van der Waals surface area contributed by atoms with Gasteiger partial charge in [0.15, 0.2) is 5.78 Å². The predicted molar refractivity (Wildman–Crippen MR) is 146 cm³/mol. The summed E-state index contributed by atoms with van der Waals surface area (Å²) in [6, 6.07) is 18.1. The van der Waals surface area contributed by atoms with Crippen LogP contribution >= 0.6 is 0 Å². The lowest BCUT2D eigenvalue weighted by Crippen LogP contribution is -2.31. The van der Waals surface area contributed by atoms with Crippen molar-refractivity contribution >= 4 is 50.0 Å². The Kier molecular flexibility index (Phi) is 7.21. The quantitative estimate of drug-likeness (QED) is 0.291. The largest absolute Gasteiger partial charge is 0.492 e. The van der Waals surface area contributed by atoms with Crippen molar-refractivity contribution in [3.05, 3.63) is 83.9 Å². The van der Waals surface area contributed by atoms with E-state index >= 15 is 0 Å². The average molecular weight is 550 g/mol. The maximum absolute atomic E-state index is 13.3. The summed E-state index contributed by atoms with van der Waals surface area (Å²) in [4.78, 5) is 42.6. The Morgan fingerprint density at radius 3 is 2.10 bits per heavy atom. The highest BCUT2D eigenvalue weighted by atomic mass is 32.2. The minimum absolute atomic E-state index is 0.0611. The Bertz CT molecular complexity index is 1690. The van der Waals surface area contributed by atoms with Crippen molar-refractivity contribution in [2.75, 3.05) is 10.0 Å². The molecule has 0 saturated heterocycles. The number of aromatic hydroxyl groups is 1. The molecule has 0 aliphatic heterocycles. The number of nitrogens with zero attached hydrogens (tertiary/aromatic N) is 1. The molecule has 11 heteroatoms. The first-order valence-electron chi connectivity index (χ1n) is 11.9. The van der Waals surface area contributed by atoms with Crippen LogP contribution in [0.3, 0.4) is 0 Å². The summed E-state index contributed by atoms with van der Waals surface area (Å²) in [5.41, 5.74) is -0.0898. The van der Waals surface area contributed by atoms with Gasteiger partial charge in [-0.15, -0.1) is 4.73 Å². The summed E-state index contributed by atoms with van der Waals surface area (Å²) in [5.74, 6) is -2.07. The molecule has 4 rings (SSSR count). The van der Waals surface area contributed by atoms with E-state index in [0.29, 0.717) is 11.3 Å². The van der Waals surface area contributed by atoms with Gasteiger partial charge in [0.05, 0.1) is 27.1 Å². The molecule has 10 nitrogen and oxygen atoms in total. The first-order chi connectivity index (χ1) is 18.3. The Morgan fingerprint density at radius 1 is 0.897 bits per heavy atom. The van der Waals surface area contributed by atoms with Gasteiger partial charge in [0.25, 0.3) is 10.0 Å². The van der Waals surface area contributed by atoms with Gasteiger partial charge in [-0.25, -0.2) is 13.2 Å². The fourth-order valence-electron chi connectivity index (χ4n) is 3.72. The van der Waals surface area contributed by atoms with Gasteiger partial charge in [-0.3, -0.25) is 14.3 Å². The van der Waals surface area contributed by atoms with Crippen LogP contribution in [0.5, 0.6) is 5.88 Å². The standard InChI is InChI=1S/C28H27N3O7S/c1-17(32)29-19-10-13-21(14-11-19)39(36,37)30-20-12-15-22-23(16-20)31(38-27(35)28(2,3)4)26(34)24(22)25(33)18-8-6-5-7-9-18/h5-16,30,34H,1-4H3,(H,29,32). The molecule has 3 aromatic carbocycles. The van der Waals surface area contributed by atoms with Crippen LogP contribution in [0, 0.1) is 5.41 Å². The molecule has 0 atom stereocenters. The van der Waals surface area contributed by atoms with Crippen LogP contribution < -0.4 is 14.9 Å². The van der Waals surface area contributed by atoms with Gasteiger partial charge in [-0.1, -0.05) is 30.3 Å². The van der Waals surface area contributed by atoms with Crippen LogP contribution in [-0.4, -0.2) is 35.9 Å². The molecule has 0 aliphatic rings. The number of sulfonamides is 1. The zero-order valence-electron chi connectivity index (χ0n) is 21.7. The molecule has 0 spiro atoms. The van der Waals surface area contributed by atoms with E-state index in [0.717, 1.165) is 4.73 Å². The SMILES string of the molecule is CC(=O)Nc1ccc(S(=O)(=O)Nc2ccc3c(C(=O)c4ccccc4)c(O)n(OC(=O)C(C)(C)C)c3c2)cc1. The molecule has 3 N–H and O–H groups in total. The first-order valence-corrected chi connectivity index (χ1v) is 13.4. The summed E-state index contributed by atoms with van der Waals surface area (Å²) in [6.07, 6.45) is 0. The maximum atomic E-state index is 13.3. The number of nitrogens with one attached hydrogen (secondary N) is 2. The van der Waals surface area contributed by atoms with Gasteiger partial charge >= 0.3 is 5.97 Å². The molecular weight excluding hydrogens is 522 g/mol. The van der Waals surface area contributed by atoms with Crippen molar-refractivity contribution in [1.29, 1.82) is 0 Å². The van der Waals surface area contributed by atoms with Gasteiger partial charge < -0.3 is 15.3 Å². The molecule has 0 saturated carbocycles. The van der Waals surface area contributed by atoms with Crippen LogP contribution in [0.2, 0.25) is 0 Å². The fourth-order valence-corrected chi connectivity index (χ4v) is 4.76. The van der Waals surface area contributed by atoms with E-state index in [-0.39, 0.29) is 33.0 Å². The number of carbonyl (C=O) groups is 3. The zero-order valence-corrected chi connectivity index (χ0v) is 22.5. The maximum Gasteiger partial charge on any atom is 0.338 e. The van der Waals surface area contributed by atoms with E-state index in [2.05, 4.69) is 10.0 Å². The molecule has 4 aromatic rings. The highest BCUT2D eigenvalue weighted by Gasteiger charge is 2.30. The van der Waals surface area contributed by atoms with Crippen molar-refractivity contribution < 1.29 is 32.7 Å². The highest BCUT2D eigenvalue weighted by Crippen LogP contribution is 2.35. The van der Waals surface area contributed by atoms with Crippen LogP contribution in [0.4, 0.5) is 11.4 Å². The van der Waals surface area contributed by atoms with Crippen LogP contribution in [0.15, 0.2) is 77.7 Å².